The van der Waals surface area contributed by atoms with Crippen molar-refractivity contribution in [2.45, 2.75) is 25.8 Å². The molecule has 0 spiro atoms. The minimum absolute atomic E-state index is 0.0157. The number of allylic oxidation sites excluding steroid dienone is 4. The maximum atomic E-state index is 6.32. The Hall–Kier alpha value is -2.49. The molecule has 0 radical (unpaired) electrons. The predicted molar refractivity (Wildman–Crippen MR) is 109 cm³/mol. The normalized spacial score (nSPS) is 15.1. The molecule has 26 heavy (non-hydrogen) atoms. The molecule has 0 amide bonds. The number of hydrogen-bond donors (Lipinski definition) is 1. The van der Waals surface area contributed by atoms with Gasteiger partial charge < -0.3 is 5.73 Å². The monoisotopic (exact) mass is 361 g/mol. The summed E-state index contributed by atoms with van der Waals surface area (Å²) in [6.45, 7) is 1.99. The third-order valence-corrected chi connectivity index (χ3v) is 5.01. The molecule has 1 aliphatic carbocycles. The Morgan fingerprint density at radius 1 is 1.12 bits per heavy atom. The molecule has 4 heteroatoms. The highest BCUT2D eigenvalue weighted by Crippen LogP contribution is 2.34. The van der Waals surface area contributed by atoms with Crippen LogP contribution in [-0.2, 0) is 0 Å². The van der Waals surface area contributed by atoms with E-state index in [0.717, 1.165) is 46.1 Å². The van der Waals surface area contributed by atoms with Crippen LogP contribution in [0.15, 0.2) is 60.8 Å². The number of rotatable bonds is 3. The highest BCUT2D eigenvalue weighted by Gasteiger charge is 2.15. The SMILES string of the molecule is C[C@@H](N)c1ccc(-c2nc3ccnc(Cl)c3cc2C2=CCCC=C2)cc1. The van der Waals surface area contributed by atoms with Crippen molar-refractivity contribution in [2.75, 3.05) is 0 Å². The summed E-state index contributed by atoms with van der Waals surface area (Å²) in [5, 5.41) is 1.36. The number of hydrogen-bond acceptors (Lipinski definition) is 3. The summed E-state index contributed by atoms with van der Waals surface area (Å²) in [5.74, 6) is 0. The smallest absolute Gasteiger partial charge is 0.138 e. The van der Waals surface area contributed by atoms with Crippen molar-refractivity contribution in [1.82, 2.24) is 9.97 Å². The fourth-order valence-corrected chi connectivity index (χ4v) is 3.47. The Morgan fingerprint density at radius 2 is 1.92 bits per heavy atom. The molecule has 1 aliphatic rings. The Balaban J connectivity index is 1.94. The lowest BCUT2D eigenvalue weighted by Crippen LogP contribution is -2.04. The average molecular weight is 362 g/mol. The Kier molecular flexibility index (Phi) is 4.58. The number of aromatic nitrogens is 2. The average Bonchev–Trinajstić information content (AvgIpc) is 2.68. The molecular formula is C22H20ClN3. The van der Waals surface area contributed by atoms with Gasteiger partial charge >= 0.3 is 0 Å². The van der Waals surface area contributed by atoms with Gasteiger partial charge in [-0.25, -0.2) is 9.97 Å². The Morgan fingerprint density at radius 3 is 2.62 bits per heavy atom. The maximum absolute atomic E-state index is 6.32. The van der Waals surface area contributed by atoms with Crippen molar-refractivity contribution in [3.05, 3.63) is 77.1 Å². The van der Waals surface area contributed by atoms with Crippen molar-refractivity contribution in [3.8, 4) is 11.3 Å². The molecule has 3 aromatic rings. The summed E-state index contributed by atoms with van der Waals surface area (Å²) in [5.41, 5.74) is 12.2. The first-order chi connectivity index (χ1) is 12.6. The van der Waals surface area contributed by atoms with Gasteiger partial charge in [0.25, 0.3) is 0 Å². The zero-order chi connectivity index (χ0) is 18.1. The summed E-state index contributed by atoms with van der Waals surface area (Å²) in [4.78, 5) is 9.13. The van der Waals surface area contributed by atoms with E-state index in [1.54, 1.807) is 6.20 Å². The van der Waals surface area contributed by atoms with Crippen LogP contribution < -0.4 is 5.73 Å². The van der Waals surface area contributed by atoms with Crippen molar-refractivity contribution in [2.24, 2.45) is 5.73 Å². The number of fused-ring (bicyclic) bond motifs is 1. The first kappa shape index (κ1) is 17.0. The van der Waals surface area contributed by atoms with Gasteiger partial charge in [-0.1, -0.05) is 54.1 Å². The van der Waals surface area contributed by atoms with Crippen LogP contribution in [0.2, 0.25) is 5.15 Å². The highest BCUT2D eigenvalue weighted by molar-refractivity contribution is 6.34. The third-order valence-electron chi connectivity index (χ3n) is 4.71. The van der Waals surface area contributed by atoms with Crippen LogP contribution in [0.5, 0.6) is 0 Å². The summed E-state index contributed by atoms with van der Waals surface area (Å²) in [7, 11) is 0. The largest absolute Gasteiger partial charge is 0.324 e. The summed E-state index contributed by atoms with van der Waals surface area (Å²) in [6, 6.07) is 12.3. The van der Waals surface area contributed by atoms with Crippen LogP contribution >= 0.6 is 11.6 Å². The minimum atomic E-state index is 0.0157. The fourth-order valence-electron chi connectivity index (χ4n) is 3.26. The van der Waals surface area contributed by atoms with Gasteiger partial charge in [-0.2, -0.15) is 0 Å². The van der Waals surface area contributed by atoms with E-state index in [0.29, 0.717) is 5.15 Å². The molecule has 0 bridgehead atoms. The number of nitrogens with zero attached hydrogens (tertiary/aromatic N) is 2. The van der Waals surface area contributed by atoms with Crippen molar-refractivity contribution >= 4 is 28.1 Å². The van der Waals surface area contributed by atoms with Gasteiger partial charge in [0.15, 0.2) is 0 Å². The molecule has 2 N–H and O–H groups in total. The summed E-state index contributed by atoms with van der Waals surface area (Å²) < 4.78 is 0. The lowest BCUT2D eigenvalue weighted by atomic mass is 9.93. The summed E-state index contributed by atoms with van der Waals surface area (Å²) >= 11 is 6.32. The molecule has 130 valence electrons. The molecule has 1 atom stereocenters. The molecule has 2 heterocycles. The zero-order valence-corrected chi connectivity index (χ0v) is 15.4. The van der Waals surface area contributed by atoms with Crippen molar-refractivity contribution in [3.63, 3.8) is 0 Å². The molecule has 2 aromatic heterocycles. The fraction of sp³-hybridized carbons (Fsp3) is 0.182. The van der Waals surface area contributed by atoms with Gasteiger partial charge in [-0.05, 0) is 43.0 Å². The number of pyridine rings is 2. The molecule has 0 unspecified atom stereocenters. The maximum Gasteiger partial charge on any atom is 0.138 e. The van der Waals surface area contributed by atoms with Crippen molar-refractivity contribution < 1.29 is 0 Å². The Labute approximate surface area is 158 Å². The topological polar surface area (TPSA) is 51.8 Å². The third kappa shape index (κ3) is 3.16. The molecular weight excluding hydrogens is 342 g/mol. The van der Waals surface area contributed by atoms with E-state index in [2.05, 4.69) is 53.5 Å². The van der Waals surface area contributed by atoms with Crippen LogP contribution in [-0.4, -0.2) is 9.97 Å². The van der Waals surface area contributed by atoms with Crippen LogP contribution in [0, 0.1) is 0 Å². The molecule has 0 saturated carbocycles. The van der Waals surface area contributed by atoms with Gasteiger partial charge in [-0.3, -0.25) is 0 Å². The summed E-state index contributed by atoms with van der Waals surface area (Å²) in [6.07, 6.45) is 10.4. The van der Waals surface area contributed by atoms with E-state index in [4.69, 9.17) is 22.3 Å². The predicted octanol–water partition coefficient (Wildman–Crippen LogP) is 5.70. The van der Waals surface area contributed by atoms with Crippen LogP contribution in [0.1, 0.15) is 36.9 Å². The van der Waals surface area contributed by atoms with Gasteiger partial charge in [0, 0.05) is 28.8 Å². The first-order valence-electron chi connectivity index (χ1n) is 8.82. The molecule has 0 aliphatic heterocycles. The minimum Gasteiger partial charge on any atom is -0.324 e. The number of nitrogens with two attached hydrogens (primary N) is 1. The lowest BCUT2D eigenvalue weighted by Gasteiger charge is -2.15. The van der Waals surface area contributed by atoms with E-state index in [9.17, 15) is 0 Å². The molecule has 0 fully saturated rings. The number of halogens is 1. The lowest BCUT2D eigenvalue weighted by molar-refractivity contribution is 0.818. The van der Waals surface area contributed by atoms with Gasteiger partial charge in [0.05, 0.1) is 11.2 Å². The molecule has 3 nitrogen and oxygen atoms in total. The van der Waals surface area contributed by atoms with Crippen LogP contribution in [0.4, 0.5) is 0 Å². The van der Waals surface area contributed by atoms with E-state index >= 15 is 0 Å². The van der Waals surface area contributed by atoms with E-state index in [1.807, 2.05) is 13.0 Å². The first-order valence-corrected chi connectivity index (χ1v) is 9.19. The standard InChI is InChI=1S/C22H20ClN3/c1-14(24)15-7-9-17(10-8-15)21-18(16-5-3-2-4-6-16)13-19-20(26-21)11-12-25-22(19)23/h3,5-14H,2,4,24H2,1H3/t14-/m1/s1. The molecule has 4 rings (SSSR count). The molecule has 0 saturated heterocycles. The van der Waals surface area contributed by atoms with E-state index < -0.39 is 0 Å². The second-order valence-electron chi connectivity index (χ2n) is 6.60. The van der Waals surface area contributed by atoms with Gasteiger partial charge in [0.1, 0.15) is 5.15 Å². The van der Waals surface area contributed by atoms with Gasteiger partial charge in [0.2, 0.25) is 0 Å². The Bertz CT molecular complexity index is 1020. The number of benzene rings is 1. The molecule has 1 aromatic carbocycles. The van der Waals surface area contributed by atoms with Gasteiger partial charge in [-0.15, -0.1) is 0 Å². The van der Waals surface area contributed by atoms with E-state index in [1.165, 1.54) is 5.57 Å². The second kappa shape index (κ2) is 7.02. The quantitative estimate of drug-likeness (QED) is 0.608. The highest BCUT2D eigenvalue weighted by atomic mass is 35.5. The van der Waals surface area contributed by atoms with Crippen molar-refractivity contribution in [1.29, 1.82) is 0 Å². The zero-order valence-electron chi connectivity index (χ0n) is 14.6. The van der Waals surface area contributed by atoms with Crippen LogP contribution in [0.3, 0.4) is 0 Å². The second-order valence-corrected chi connectivity index (χ2v) is 6.96. The van der Waals surface area contributed by atoms with E-state index in [-0.39, 0.29) is 6.04 Å². The van der Waals surface area contributed by atoms with Crippen LogP contribution in [0.25, 0.3) is 27.7 Å².